The van der Waals surface area contributed by atoms with Crippen LogP contribution in [-0.4, -0.2) is 20.7 Å². The van der Waals surface area contributed by atoms with Gasteiger partial charge in [-0.3, -0.25) is 14.7 Å². The molecule has 1 amide bonds. The molecule has 0 N–H and O–H groups in total. The molecule has 0 spiro atoms. The van der Waals surface area contributed by atoms with Gasteiger partial charge in [0.1, 0.15) is 0 Å². The minimum absolute atomic E-state index is 0.127. The highest BCUT2D eigenvalue weighted by Crippen LogP contribution is 2.32. The maximum Gasteiger partial charge on any atom is 0.263 e. The predicted octanol–water partition coefficient (Wildman–Crippen LogP) is 4.25. The van der Waals surface area contributed by atoms with Crippen molar-refractivity contribution < 1.29 is 4.79 Å². The molecule has 26 heavy (non-hydrogen) atoms. The number of benzene rings is 2. The van der Waals surface area contributed by atoms with Gasteiger partial charge in [0.25, 0.3) is 5.91 Å². The number of nitrogens with zero attached hydrogens (tertiary/aromatic N) is 4. The van der Waals surface area contributed by atoms with Crippen LogP contribution in [0.5, 0.6) is 0 Å². The lowest BCUT2D eigenvalue weighted by Gasteiger charge is -2.25. The van der Waals surface area contributed by atoms with Crippen LogP contribution in [-0.2, 0) is 0 Å². The largest absolute Gasteiger partial charge is 0.275 e. The Hall–Kier alpha value is -3.73. The lowest BCUT2D eigenvalue weighted by Crippen LogP contribution is -2.27. The third kappa shape index (κ3) is 2.98. The van der Waals surface area contributed by atoms with Crippen molar-refractivity contribution in [1.82, 2.24) is 14.8 Å². The summed E-state index contributed by atoms with van der Waals surface area (Å²) in [5, 5.41) is 4.32. The summed E-state index contributed by atoms with van der Waals surface area (Å²) in [6.07, 6.45) is 6.82. The molecule has 5 heteroatoms. The van der Waals surface area contributed by atoms with Crippen molar-refractivity contribution in [3.05, 3.63) is 103 Å². The number of hydrogen-bond acceptors (Lipinski definition) is 3. The topological polar surface area (TPSA) is 51.0 Å². The van der Waals surface area contributed by atoms with Crippen LogP contribution in [0.3, 0.4) is 0 Å². The van der Waals surface area contributed by atoms with Crippen LogP contribution in [0.2, 0.25) is 0 Å². The van der Waals surface area contributed by atoms with Gasteiger partial charge in [0.2, 0.25) is 0 Å². The number of para-hydroxylation sites is 3. The Bertz CT molecular complexity index is 999. The number of hydrogen-bond donors (Lipinski definition) is 0. The number of carbonyl (C=O) groups excluding carboxylic acids is 1. The first-order chi connectivity index (χ1) is 12.8. The molecule has 0 aliphatic heterocycles. The van der Waals surface area contributed by atoms with Crippen molar-refractivity contribution in [3.63, 3.8) is 0 Å². The monoisotopic (exact) mass is 340 g/mol. The van der Waals surface area contributed by atoms with Gasteiger partial charge in [0, 0.05) is 36.0 Å². The maximum absolute atomic E-state index is 13.3. The minimum Gasteiger partial charge on any atom is -0.275 e. The molecule has 0 aliphatic carbocycles. The molecule has 0 aliphatic rings. The summed E-state index contributed by atoms with van der Waals surface area (Å²) in [4.78, 5) is 19.0. The van der Waals surface area contributed by atoms with E-state index in [1.165, 1.54) is 0 Å². The van der Waals surface area contributed by atoms with Gasteiger partial charge >= 0.3 is 0 Å². The van der Waals surface area contributed by atoms with E-state index in [1.807, 2.05) is 66.9 Å². The summed E-state index contributed by atoms with van der Waals surface area (Å²) in [6, 6.07) is 22.6. The molecule has 0 radical (unpaired) electrons. The Labute approximate surface area is 151 Å². The van der Waals surface area contributed by atoms with Gasteiger partial charge in [-0.2, -0.15) is 5.10 Å². The van der Waals surface area contributed by atoms with Gasteiger partial charge in [0.05, 0.1) is 11.4 Å². The van der Waals surface area contributed by atoms with E-state index in [-0.39, 0.29) is 5.91 Å². The van der Waals surface area contributed by atoms with Crippen molar-refractivity contribution in [3.8, 4) is 5.69 Å². The first-order valence-corrected chi connectivity index (χ1v) is 8.23. The van der Waals surface area contributed by atoms with E-state index in [4.69, 9.17) is 0 Å². The van der Waals surface area contributed by atoms with E-state index in [2.05, 4.69) is 10.1 Å². The summed E-state index contributed by atoms with van der Waals surface area (Å²) in [7, 11) is 0. The molecule has 0 saturated carbocycles. The standard InChI is InChI=1S/C21H16N4O/c26-21(17-11-14-22-15-12-17)25(18-7-2-1-3-8-18)20-10-5-4-9-19(20)24-16-6-13-23-24/h1-16H. The molecule has 0 atom stereocenters. The second kappa shape index (κ2) is 7.03. The number of anilines is 2. The number of aromatic nitrogens is 3. The molecule has 126 valence electrons. The zero-order valence-corrected chi connectivity index (χ0v) is 13.9. The van der Waals surface area contributed by atoms with Crippen LogP contribution in [0.15, 0.2) is 97.6 Å². The van der Waals surface area contributed by atoms with Crippen molar-refractivity contribution in [2.45, 2.75) is 0 Å². The van der Waals surface area contributed by atoms with E-state index < -0.39 is 0 Å². The van der Waals surface area contributed by atoms with Gasteiger partial charge in [-0.05, 0) is 42.5 Å². The van der Waals surface area contributed by atoms with Crippen molar-refractivity contribution in [2.75, 3.05) is 4.90 Å². The second-order valence-corrected chi connectivity index (χ2v) is 5.65. The van der Waals surface area contributed by atoms with Gasteiger partial charge in [0.15, 0.2) is 0 Å². The lowest BCUT2D eigenvalue weighted by atomic mass is 10.1. The molecule has 2 aromatic carbocycles. The first kappa shape index (κ1) is 15.8. The zero-order chi connectivity index (χ0) is 17.8. The molecule has 5 nitrogen and oxygen atoms in total. The van der Waals surface area contributed by atoms with Crippen LogP contribution in [0.25, 0.3) is 5.69 Å². The number of rotatable bonds is 4. The number of carbonyl (C=O) groups is 1. The van der Waals surface area contributed by atoms with Crippen molar-refractivity contribution in [2.24, 2.45) is 0 Å². The maximum atomic E-state index is 13.3. The molecule has 2 heterocycles. The number of pyridine rings is 1. The summed E-state index contributed by atoms with van der Waals surface area (Å²) < 4.78 is 1.76. The summed E-state index contributed by atoms with van der Waals surface area (Å²) >= 11 is 0. The Morgan fingerprint density at radius 1 is 0.808 bits per heavy atom. The second-order valence-electron chi connectivity index (χ2n) is 5.65. The third-order valence-corrected chi connectivity index (χ3v) is 4.02. The highest BCUT2D eigenvalue weighted by molar-refractivity contribution is 6.11. The van der Waals surface area contributed by atoms with Crippen LogP contribution < -0.4 is 4.90 Å². The average Bonchev–Trinajstić information content (AvgIpc) is 3.25. The molecule has 0 unspecified atom stereocenters. The molecular weight excluding hydrogens is 324 g/mol. The SMILES string of the molecule is O=C(c1ccncc1)N(c1ccccc1)c1ccccc1-n1cccn1. The van der Waals surface area contributed by atoms with E-state index in [0.717, 1.165) is 17.1 Å². The molecule has 4 aromatic rings. The van der Waals surface area contributed by atoms with Gasteiger partial charge in [-0.1, -0.05) is 30.3 Å². The van der Waals surface area contributed by atoms with Gasteiger partial charge in [-0.15, -0.1) is 0 Å². The highest BCUT2D eigenvalue weighted by Gasteiger charge is 2.22. The van der Waals surface area contributed by atoms with Crippen molar-refractivity contribution >= 4 is 17.3 Å². The van der Waals surface area contributed by atoms with E-state index in [0.29, 0.717) is 5.56 Å². The fourth-order valence-electron chi connectivity index (χ4n) is 2.82. The van der Waals surface area contributed by atoms with Crippen LogP contribution in [0.1, 0.15) is 10.4 Å². The van der Waals surface area contributed by atoms with Crippen molar-refractivity contribution in [1.29, 1.82) is 0 Å². The highest BCUT2D eigenvalue weighted by atomic mass is 16.2. The quantitative estimate of drug-likeness (QED) is 0.558. The first-order valence-electron chi connectivity index (χ1n) is 8.23. The molecule has 4 rings (SSSR count). The Morgan fingerprint density at radius 3 is 2.27 bits per heavy atom. The van der Waals surface area contributed by atoms with E-state index in [9.17, 15) is 4.79 Å². The lowest BCUT2D eigenvalue weighted by molar-refractivity contribution is 0.0999. The summed E-state index contributed by atoms with van der Waals surface area (Å²) in [6.45, 7) is 0. The fourth-order valence-corrected chi connectivity index (χ4v) is 2.82. The zero-order valence-electron chi connectivity index (χ0n) is 13.9. The predicted molar refractivity (Wildman–Crippen MR) is 101 cm³/mol. The summed E-state index contributed by atoms with van der Waals surface area (Å²) in [5.41, 5.74) is 2.93. The molecule has 0 saturated heterocycles. The van der Waals surface area contributed by atoms with Crippen LogP contribution in [0, 0.1) is 0 Å². The molecule has 2 aromatic heterocycles. The normalized spacial score (nSPS) is 10.5. The average molecular weight is 340 g/mol. The fraction of sp³-hybridized carbons (Fsp3) is 0. The molecular formula is C21H16N4O. The van der Waals surface area contributed by atoms with Gasteiger partial charge < -0.3 is 0 Å². The Kier molecular flexibility index (Phi) is 4.26. The summed E-state index contributed by atoms with van der Waals surface area (Å²) in [5.74, 6) is -0.127. The molecule has 0 fully saturated rings. The van der Waals surface area contributed by atoms with Gasteiger partial charge in [-0.25, -0.2) is 4.68 Å². The Morgan fingerprint density at radius 2 is 1.54 bits per heavy atom. The smallest absolute Gasteiger partial charge is 0.263 e. The van der Waals surface area contributed by atoms with E-state index >= 15 is 0 Å². The third-order valence-electron chi connectivity index (χ3n) is 4.02. The van der Waals surface area contributed by atoms with E-state index in [1.54, 1.807) is 40.3 Å². The number of amides is 1. The Balaban J connectivity index is 1.89. The van der Waals surface area contributed by atoms with Crippen LogP contribution >= 0.6 is 0 Å². The molecule has 0 bridgehead atoms. The van der Waals surface area contributed by atoms with Crippen LogP contribution in [0.4, 0.5) is 11.4 Å². The minimum atomic E-state index is -0.127.